The largest absolute Gasteiger partial charge is 0.360 e. The molecule has 0 unspecified atom stereocenters. The van der Waals surface area contributed by atoms with E-state index in [1.54, 1.807) is 13.0 Å². The number of nitrogens with zero attached hydrogens (tertiary/aromatic N) is 2. The van der Waals surface area contributed by atoms with Crippen molar-refractivity contribution in [2.75, 3.05) is 11.9 Å². The van der Waals surface area contributed by atoms with Crippen molar-refractivity contribution in [1.82, 2.24) is 10.1 Å². The highest BCUT2D eigenvalue weighted by atomic mass is 16.5. The van der Waals surface area contributed by atoms with Gasteiger partial charge in [0.2, 0.25) is 11.8 Å². The SMILES string of the molecule is Cc1cc(NC(=O)[C@@H]2CC(=O)N(C3CCCC3)C2)no1. The number of aromatic nitrogens is 1. The first-order valence-electron chi connectivity index (χ1n) is 7.17. The predicted molar refractivity (Wildman–Crippen MR) is 71.9 cm³/mol. The van der Waals surface area contributed by atoms with Gasteiger partial charge < -0.3 is 14.7 Å². The van der Waals surface area contributed by atoms with Crippen LogP contribution in [0.4, 0.5) is 5.82 Å². The number of carbonyl (C=O) groups excluding carboxylic acids is 2. The van der Waals surface area contributed by atoms with E-state index in [2.05, 4.69) is 10.5 Å². The van der Waals surface area contributed by atoms with E-state index in [0.717, 1.165) is 12.8 Å². The number of hydrogen-bond donors (Lipinski definition) is 1. The summed E-state index contributed by atoms with van der Waals surface area (Å²) in [6, 6.07) is 2.01. The Morgan fingerprint density at radius 3 is 2.85 bits per heavy atom. The fourth-order valence-corrected chi connectivity index (χ4v) is 3.13. The fourth-order valence-electron chi connectivity index (χ4n) is 3.13. The van der Waals surface area contributed by atoms with E-state index in [9.17, 15) is 9.59 Å². The van der Waals surface area contributed by atoms with Gasteiger partial charge in [-0.05, 0) is 19.8 Å². The Kier molecular flexibility index (Phi) is 3.46. The lowest BCUT2D eigenvalue weighted by atomic mass is 10.1. The quantitative estimate of drug-likeness (QED) is 0.912. The molecule has 1 aromatic heterocycles. The maximum atomic E-state index is 12.2. The first-order valence-corrected chi connectivity index (χ1v) is 7.17. The highest BCUT2D eigenvalue weighted by Crippen LogP contribution is 2.29. The van der Waals surface area contributed by atoms with Crippen molar-refractivity contribution in [3.05, 3.63) is 11.8 Å². The average Bonchev–Trinajstić information content (AvgIpc) is 3.10. The topological polar surface area (TPSA) is 75.4 Å². The number of likely N-dealkylation sites (tertiary alicyclic amines) is 1. The third-order valence-corrected chi connectivity index (χ3v) is 4.17. The molecule has 1 saturated carbocycles. The molecular weight excluding hydrogens is 258 g/mol. The smallest absolute Gasteiger partial charge is 0.231 e. The minimum Gasteiger partial charge on any atom is -0.360 e. The molecule has 2 aliphatic rings. The lowest BCUT2D eigenvalue weighted by molar-refractivity contribution is -0.129. The Labute approximate surface area is 117 Å². The maximum absolute atomic E-state index is 12.2. The van der Waals surface area contributed by atoms with Crippen molar-refractivity contribution < 1.29 is 14.1 Å². The second-order valence-corrected chi connectivity index (χ2v) is 5.70. The van der Waals surface area contributed by atoms with Gasteiger partial charge in [-0.1, -0.05) is 18.0 Å². The zero-order chi connectivity index (χ0) is 14.1. The van der Waals surface area contributed by atoms with E-state index >= 15 is 0 Å². The molecule has 2 fully saturated rings. The lowest BCUT2D eigenvalue weighted by Crippen LogP contribution is -2.35. The van der Waals surface area contributed by atoms with E-state index in [4.69, 9.17) is 4.52 Å². The van der Waals surface area contributed by atoms with Gasteiger partial charge in [0.25, 0.3) is 0 Å². The Morgan fingerprint density at radius 2 is 2.20 bits per heavy atom. The van der Waals surface area contributed by atoms with Crippen LogP contribution in [0.5, 0.6) is 0 Å². The summed E-state index contributed by atoms with van der Waals surface area (Å²) < 4.78 is 4.91. The minimum atomic E-state index is -0.278. The summed E-state index contributed by atoms with van der Waals surface area (Å²) in [5.74, 6) is 0.746. The van der Waals surface area contributed by atoms with Crippen LogP contribution in [0.2, 0.25) is 0 Å². The van der Waals surface area contributed by atoms with Crippen LogP contribution in [-0.4, -0.2) is 34.5 Å². The molecule has 1 aliphatic heterocycles. The molecule has 1 N–H and O–H groups in total. The van der Waals surface area contributed by atoms with Crippen LogP contribution in [0, 0.1) is 12.8 Å². The molecule has 108 valence electrons. The van der Waals surface area contributed by atoms with E-state index in [-0.39, 0.29) is 17.7 Å². The van der Waals surface area contributed by atoms with Crippen molar-refractivity contribution in [2.45, 2.75) is 45.1 Å². The molecule has 1 atom stereocenters. The van der Waals surface area contributed by atoms with E-state index in [1.165, 1.54) is 12.8 Å². The van der Waals surface area contributed by atoms with E-state index in [0.29, 0.717) is 30.6 Å². The molecule has 20 heavy (non-hydrogen) atoms. The van der Waals surface area contributed by atoms with Crippen LogP contribution in [0.3, 0.4) is 0 Å². The minimum absolute atomic E-state index is 0.105. The highest BCUT2D eigenvalue weighted by molar-refractivity contribution is 5.96. The van der Waals surface area contributed by atoms with Crippen molar-refractivity contribution in [2.24, 2.45) is 5.92 Å². The first kappa shape index (κ1) is 13.1. The zero-order valence-electron chi connectivity index (χ0n) is 11.6. The van der Waals surface area contributed by atoms with Crippen LogP contribution in [0.1, 0.15) is 37.9 Å². The molecule has 6 heteroatoms. The second-order valence-electron chi connectivity index (χ2n) is 5.70. The van der Waals surface area contributed by atoms with Gasteiger partial charge in [-0.25, -0.2) is 0 Å². The Balaban J connectivity index is 1.60. The summed E-state index contributed by atoms with van der Waals surface area (Å²) in [6.07, 6.45) is 4.82. The monoisotopic (exact) mass is 277 g/mol. The molecule has 1 saturated heterocycles. The summed E-state index contributed by atoms with van der Waals surface area (Å²) >= 11 is 0. The third-order valence-electron chi connectivity index (χ3n) is 4.17. The number of anilines is 1. The standard InChI is InChI=1S/C14H19N3O3/c1-9-6-12(16-20-9)15-14(19)10-7-13(18)17(8-10)11-4-2-3-5-11/h6,10-11H,2-5,7-8H2,1H3,(H,15,16,19)/t10-/m1/s1. The molecule has 1 aromatic rings. The lowest BCUT2D eigenvalue weighted by Gasteiger charge is -2.23. The second kappa shape index (κ2) is 5.26. The number of hydrogen-bond acceptors (Lipinski definition) is 4. The van der Waals surface area contributed by atoms with E-state index < -0.39 is 0 Å². The summed E-state index contributed by atoms with van der Waals surface area (Å²) in [5, 5.41) is 6.45. The number of rotatable bonds is 3. The zero-order valence-corrected chi connectivity index (χ0v) is 11.6. The van der Waals surface area contributed by atoms with Gasteiger partial charge in [0.1, 0.15) is 5.76 Å². The van der Waals surface area contributed by atoms with Gasteiger partial charge in [0.15, 0.2) is 5.82 Å². The van der Waals surface area contributed by atoms with Gasteiger partial charge in [-0.2, -0.15) is 0 Å². The van der Waals surface area contributed by atoms with Crippen LogP contribution in [0.25, 0.3) is 0 Å². The summed E-state index contributed by atoms with van der Waals surface area (Å²) in [6.45, 7) is 2.30. The molecule has 6 nitrogen and oxygen atoms in total. The van der Waals surface area contributed by atoms with Crippen LogP contribution < -0.4 is 5.32 Å². The molecule has 3 rings (SSSR count). The number of nitrogens with one attached hydrogen (secondary N) is 1. The van der Waals surface area contributed by atoms with Crippen LogP contribution >= 0.6 is 0 Å². The Hall–Kier alpha value is -1.85. The fraction of sp³-hybridized carbons (Fsp3) is 0.643. The van der Waals surface area contributed by atoms with E-state index in [1.807, 2.05) is 4.90 Å². The molecule has 0 radical (unpaired) electrons. The third kappa shape index (κ3) is 2.55. The Morgan fingerprint density at radius 1 is 1.45 bits per heavy atom. The number of carbonyl (C=O) groups is 2. The van der Waals surface area contributed by atoms with Gasteiger partial charge in [-0.3, -0.25) is 9.59 Å². The summed E-state index contributed by atoms with van der Waals surface area (Å²) in [5.41, 5.74) is 0. The maximum Gasteiger partial charge on any atom is 0.231 e. The molecule has 0 aromatic carbocycles. The van der Waals surface area contributed by atoms with Crippen molar-refractivity contribution in [3.63, 3.8) is 0 Å². The number of aryl methyl sites for hydroxylation is 1. The molecule has 0 spiro atoms. The van der Waals surface area contributed by atoms with Crippen LogP contribution in [0.15, 0.2) is 10.6 Å². The van der Waals surface area contributed by atoms with Crippen LogP contribution in [-0.2, 0) is 9.59 Å². The summed E-state index contributed by atoms with van der Waals surface area (Å²) in [4.78, 5) is 26.1. The molecule has 2 amide bonds. The Bertz CT molecular complexity index is 519. The van der Waals surface area contributed by atoms with Gasteiger partial charge >= 0.3 is 0 Å². The molecule has 0 bridgehead atoms. The molecular formula is C14H19N3O3. The van der Waals surface area contributed by atoms with Crippen molar-refractivity contribution >= 4 is 17.6 Å². The van der Waals surface area contributed by atoms with Crippen molar-refractivity contribution in [1.29, 1.82) is 0 Å². The molecule has 2 heterocycles. The van der Waals surface area contributed by atoms with Gasteiger partial charge in [0.05, 0.1) is 5.92 Å². The van der Waals surface area contributed by atoms with Gasteiger partial charge in [-0.15, -0.1) is 0 Å². The normalized spacial score (nSPS) is 23.6. The first-order chi connectivity index (χ1) is 9.63. The predicted octanol–water partition coefficient (Wildman–Crippen LogP) is 1.71. The van der Waals surface area contributed by atoms with Gasteiger partial charge in [0, 0.05) is 25.1 Å². The number of amides is 2. The van der Waals surface area contributed by atoms with Crippen molar-refractivity contribution in [3.8, 4) is 0 Å². The summed E-state index contributed by atoms with van der Waals surface area (Å²) in [7, 11) is 0. The highest BCUT2D eigenvalue weighted by Gasteiger charge is 2.38. The molecule has 1 aliphatic carbocycles. The average molecular weight is 277 g/mol.